The van der Waals surface area contributed by atoms with Crippen molar-refractivity contribution in [3.63, 3.8) is 0 Å². The second-order valence-corrected chi connectivity index (χ2v) is 16.8. The van der Waals surface area contributed by atoms with Gasteiger partial charge < -0.3 is 10.2 Å². The lowest BCUT2D eigenvalue weighted by Gasteiger charge is -2.32. The molecule has 290 valence electrons. The second-order valence-electron chi connectivity index (χ2n) is 15.8. The van der Waals surface area contributed by atoms with Crippen molar-refractivity contribution in [2.45, 2.75) is 74.4 Å². The molecule has 1 aromatic heterocycles. The molecular weight excluding hydrogens is 725 g/mol. The molecular formula is C53H53N4S+. The second kappa shape index (κ2) is 17.1. The van der Waals surface area contributed by atoms with Gasteiger partial charge in [-0.25, -0.2) is 0 Å². The molecule has 0 fully saturated rings. The summed E-state index contributed by atoms with van der Waals surface area (Å²) in [5.74, 6) is 0. The summed E-state index contributed by atoms with van der Waals surface area (Å²) in [6, 6.07) is 43.8. The van der Waals surface area contributed by atoms with Gasteiger partial charge in [-0.1, -0.05) is 97.1 Å². The van der Waals surface area contributed by atoms with Crippen LogP contribution < -0.4 is 10.2 Å². The normalized spacial score (nSPS) is 12.3. The van der Waals surface area contributed by atoms with Crippen molar-refractivity contribution in [3.05, 3.63) is 189 Å². The first-order valence-electron chi connectivity index (χ1n) is 20.2. The number of thiophene rings is 1. The summed E-state index contributed by atoms with van der Waals surface area (Å²) in [6.45, 7) is 19.9. The average Bonchev–Trinajstić information content (AvgIpc) is 3.57. The molecule has 0 spiro atoms. The number of allylic oxidation sites excluding steroid dienone is 5. The van der Waals surface area contributed by atoms with Crippen LogP contribution in [0.3, 0.4) is 0 Å². The number of hydrogen-bond donors (Lipinski definition) is 1. The third kappa shape index (κ3) is 7.86. The van der Waals surface area contributed by atoms with Gasteiger partial charge in [0, 0.05) is 62.4 Å². The van der Waals surface area contributed by atoms with Crippen LogP contribution in [0, 0.1) is 45.9 Å². The van der Waals surface area contributed by atoms with Crippen LogP contribution in [0.2, 0.25) is 0 Å². The monoisotopic (exact) mass is 777 g/mol. The molecule has 0 unspecified atom stereocenters. The van der Waals surface area contributed by atoms with Crippen molar-refractivity contribution in [3.8, 4) is 17.2 Å². The molecule has 0 saturated heterocycles. The van der Waals surface area contributed by atoms with Crippen LogP contribution in [-0.2, 0) is 0 Å². The quantitative estimate of drug-likeness (QED) is 0.141. The Hall–Kier alpha value is -6.22. The smallest absolute Gasteiger partial charge is 0.211 e. The van der Waals surface area contributed by atoms with E-state index in [2.05, 4.69) is 205 Å². The van der Waals surface area contributed by atoms with E-state index in [1.165, 1.54) is 33.6 Å². The first-order valence-corrected chi connectivity index (χ1v) is 21.0. The van der Waals surface area contributed by atoms with E-state index in [4.69, 9.17) is 0 Å². The number of aryl methyl sites for hydroxylation is 5. The van der Waals surface area contributed by atoms with Crippen LogP contribution in [0.4, 0.5) is 27.8 Å². The maximum atomic E-state index is 10.9. The fourth-order valence-corrected chi connectivity index (χ4v) is 9.54. The lowest BCUT2D eigenvalue weighted by atomic mass is 9.90. The Labute approximate surface area is 349 Å². The van der Waals surface area contributed by atoms with E-state index in [1.807, 2.05) is 18.2 Å². The number of rotatable bonds is 10. The molecule has 0 saturated carbocycles. The van der Waals surface area contributed by atoms with Crippen molar-refractivity contribution in [1.82, 2.24) is 0 Å². The highest BCUT2D eigenvalue weighted by Crippen LogP contribution is 2.48. The zero-order chi connectivity index (χ0) is 41.1. The zero-order valence-corrected chi connectivity index (χ0v) is 36.0. The number of benzene rings is 5. The van der Waals surface area contributed by atoms with Gasteiger partial charge >= 0.3 is 0 Å². The molecule has 58 heavy (non-hydrogen) atoms. The first kappa shape index (κ1) is 40.0. The van der Waals surface area contributed by atoms with E-state index in [1.54, 1.807) is 11.3 Å². The number of para-hydroxylation sites is 3. The van der Waals surface area contributed by atoms with Crippen molar-refractivity contribution in [1.29, 1.82) is 5.26 Å². The molecule has 0 amide bonds. The number of anilines is 4. The van der Waals surface area contributed by atoms with E-state index < -0.39 is 0 Å². The molecule has 7 rings (SSSR count). The predicted molar refractivity (Wildman–Crippen MR) is 249 cm³/mol. The van der Waals surface area contributed by atoms with Gasteiger partial charge in [0.15, 0.2) is 6.04 Å². The average molecular weight is 778 g/mol. The number of nitrogens with one attached hydrogen (secondary N) is 1. The Morgan fingerprint density at radius 2 is 1.22 bits per heavy atom. The van der Waals surface area contributed by atoms with Gasteiger partial charge in [0.25, 0.3) is 0 Å². The summed E-state index contributed by atoms with van der Waals surface area (Å²) in [5, 5.41) is 15.5. The fourth-order valence-electron chi connectivity index (χ4n) is 8.27. The summed E-state index contributed by atoms with van der Waals surface area (Å²) in [6.07, 6.45) is 9.02. The lowest BCUT2D eigenvalue weighted by molar-refractivity contribution is -0.475. The summed E-state index contributed by atoms with van der Waals surface area (Å²) < 4.78 is 2.44. The maximum Gasteiger partial charge on any atom is 0.211 e. The summed E-state index contributed by atoms with van der Waals surface area (Å²) >= 11 is 1.65. The molecule has 1 aliphatic rings. The van der Waals surface area contributed by atoms with E-state index >= 15 is 0 Å². The zero-order valence-electron chi connectivity index (χ0n) is 35.2. The van der Waals surface area contributed by atoms with Crippen molar-refractivity contribution in [2.24, 2.45) is 0 Å². The highest BCUT2D eigenvalue weighted by Gasteiger charge is 2.28. The van der Waals surface area contributed by atoms with Crippen LogP contribution in [0.1, 0.15) is 71.5 Å². The Bertz CT molecular complexity index is 2590. The molecule has 4 nitrogen and oxygen atoms in total. The van der Waals surface area contributed by atoms with E-state index in [9.17, 15) is 5.26 Å². The van der Waals surface area contributed by atoms with Gasteiger partial charge in [-0.05, 0) is 126 Å². The van der Waals surface area contributed by atoms with Gasteiger partial charge in [-0.3, -0.25) is 0 Å². The van der Waals surface area contributed by atoms with Crippen molar-refractivity contribution in [2.75, 3.05) is 10.2 Å². The predicted octanol–water partition coefficient (Wildman–Crippen LogP) is 14.2. The molecule has 5 aromatic carbocycles. The number of nitriles is 1. The molecule has 0 aliphatic heterocycles. The van der Waals surface area contributed by atoms with Crippen LogP contribution in [0.5, 0.6) is 0 Å². The van der Waals surface area contributed by atoms with E-state index in [-0.39, 0.29) is 12.1 Å². The summed E-state index contributed by atoms with van der Waals surface area (Å²) in [7, 11) is 0. The standard InChI is InChI=1S/C53H52N4S/c1-34(2)56(50-37(6)18-15-19-38(50)7)44-29-25-42(26-30-44)48(43-27-31-45(32-28-43)57(35(3)4)51-39(8)20-16-21-40(51)9)52-49(41-22-11-10-12-23-41)46(33-54)53(58-52)55-47-24-14-13-17-36(47)5/h10-32,34-35H,1-9H3/p+1. The van der Waals surface area contributed by atoms with Crippen molar-refractivity contribution < 1.29 is 4.58 Å². The van der Waals surface area contributed by atoms with Gasteiger partial charge in [-0.2, -0.15) is 9.84 Å². The molecule has 1 N–H and O–H groups in total. The van der Waals surface area contributed by atoms with Crippen molar-refractivity contribution >= 4 is 50.4 Å². The SMILES string of the molecule is Cc1ccccc1Nc1sc(C(=C2C=CC(=[N+](c3c(C)cccc3C)C(C)C)C=C2)c2ccc(N(c3c(C)cccc3C)C(C)C)cc2)c(-c2ccccc2)c1C#N. The van der Waals surface area contributed by atoms with E-state index in [0.29, 0.717) is 5.56 Å². The minimum atomic E-state index is 0.248. The Morgan fingerprint density at radius 1 is 0.655 bits per heavy atom. The van der Waals surface area contributed by atoms with Gasteiger partial charge in [0.2, 0.25) is 11.4 Å². The summed E-state index contributed by atoms with van der Waals surface area (Å²) in [5.41, 5.74) is 17.8. The van der Waals surface area contributed by atoms with Gasteiger partial charge in [0.1, 0.15) is 11.1 Å². The third-order valence-corrected chi connectivity index (χ3v) is 12.1. The number of hydrogen-bond acceptors (Lipinski definition) is 4. The molecule has 0 radical (unpaired) electrons. The molecule has 0 bridgehead atoms. The number of nitrogens with zero attached hydrogens (tertiary/aromatic N) is 3. The van der Waals surface area contributed by atoms with Crippen LogP contribution >= 0.6 is 11.3 Å². The minimum absolute atomic E-state index is 0.248. The van der Waals surface area contributed by atoms with Crippen LogP contribution in [0.25, 0.3) is 16.7 Å². The van der Waals surface area contributed by atoms with Crippen LogP contribution in [-0.4, -0.2) is 22.4 Å². The minimum Gasteiger partial charge on any atom is -0.346 e. The lowest BCUT2D eigenvalue weighted by Crippen LogP contribution is -2.26. The largest absolute Gasteiger partial charge is 0.346 e. The molecule has 1 heterocycles. The molecule has 5 heteroatoms. The molecule has 1 aliphatic carbocycles. The maximum absolute atomic E-state index is 10.9. The highest BCUT2D eigenvalue weighted by molar-refractivity contribution is 7.18. The molecule has 6 aromatic rings. The third-order valence-electron chi connectivity index (χ3n) is 11.0. The Morgan fingerprint density at radius 3 is 1.79 bits per heavy atom. The van der Waals surface area contributed by atoms with Crippen LogP contribution in [0.15, 0.2) is 145 Å². The van der Waals surface area contributed by atoms with Gasteiger partial charge in [-0.15, -0.1) is 11.3 Å². The molecule has 0 atom stereocenters. The highest BCUT2D eigenvalue weighted by atomic mass is 32.1. The fraction of sp³-hybridized carbons (Fsp3) is 0.208. The van der Waals surface area contributed by atoms with Gasteiger partial charge in [0.05, 0.1) is 5.56 Å². The Kier molecular flexibility index (Phi) is 11.8. The Balaban J connectivity index is 1.47. The van der Waals surface area contributed by atoms with E-state index in [0.717, 1.165) is 60.4 Å². The summed E-state index contributed by atoms with van der Waals surface area (Å²) in [4.78, 5) is 3.49. The topological polar surface area (TPSA) is 42.1 Å². The first-order chi connectivity index (χ1) is 28.0.